The summed E-state index contributed by atoms with van der Waals surface area (Å²) in [4.78, 5) is 34.5. The number of hydrogen-bond acceptors (Lipinski definition) is 4. The van der Waals surface area contributed by atoms with Crippen LogP contribution < -0.4 is 5.73 Å². The lowest BCUT2D eigenvalue weighted by molar-refractivity contribution is 0.0768. The molecule has 2 aliphatic heterocycles. The van der Waals surface area contributed by atoms with Gasteiger partial charge in [-0.1, -0.05) is 36.4 Å². The molecule has 6 nitrogen and oxygen atoms in total. The highest BCUT2D eigenvalue weighted by Gasteiger charge is 2.42. The molecule has 2 N–H and O–H groups in total. The van der Waals surface area contributed by atoms with E-state index in [0.29, 0.717) is 23.0 Å². The van der Waals surface area contributed by atoms with E-state index in [1.807, 2.05) is 30.0 Å². The fourth-order valence-corrected chi connectivity index (χ4v) is 5.72. The SMILES string of the molecule is Cc1cc(-c2ccncc2)cc(C(N)=O)c1C(=O)N1CC2CN(CCCc3ccccc3)C[C@H]2C1. The van der Waals surface area contributed by atoms with Crippen molar-refractivity contribution in [2.75, 3.05) is 32.7 Å². The summed E-state index contributed by atoms with van der Waals surface area (Å²) in [5.41, 5.74) is 10.4. The third-order valence-electron chi connectivity index (χ3n) is 7.46. The van der Waals surface area contributed by atoms with Gasteiger partial charge in [0.25, 0.3) is 5.91 Å². The Kier molecular flexibility index (Phi) is 6.64. The van der Waals surface area contributed by atoms with Crippen LogP contribution in [0.4, 0.5) is 0 Å². The third kappa shape index (κ3) is 4.98. The number of aryl methyl sites for hydroxylation is 2. The van der Waals surface area contributed by atoms with Crippen LogP contribution in [0.25, 0.3) is 11.1 Å². The second kappa shape index (κ2) is 10.0. The van der Waals surface area contributed by atoms with Crippen molar-refractivity contribution in [3.05, 3.63) is 89.2 Å². The van der Waals surface area contributed by atoms with Gasteiger partial charge in [-0.2, -0.15) is 0 Å². The van der Waals surface area contributed by atoms with Crippen LogP contribution in [0.5, 0.6) is 0 Å². The minimum Gasteiger partial charge on any atom is -0.366 e. The number of fused-ring (bicyclic) bond motifs is 1. The van der Waals surface area contributed by atoms with Gasteiger partial charge in [0.2, 0.25) is 5.91 Å². The summed E-state index contributed by atoms with van der Waals surface area (Å²) in [6, 6.07) is 18.1. The lowest BCUT2D eigenvalue weighted by Gasteiger charge is -2.23. The molecule has 35 heavy (non-hydrogen) atoms. The van der Waals surface area contributed by atoms with E-state index in [1.165, 1.54) is 5.56 Å². The Morgan fingerprint density at radius 1 is 0.943 bits per heavy atom. The van der Waals surface area contributed by atoms with Gasteiger partial charge in [0, 0.05) is 38.6 Å². The fourth-order valence-electron chi connectivity index (χ4n) is 5.72. The van der Waals surface area contributed by atoms with E-state index in [9.17, 15) is 9.59 Å². The molecule has 2 saturated heterocycles. The van der Waals surface area contributed by atoms with E-state index in [0.717, 1.165) is 62.3 Å². The molecule has 3 heterocycles. The molecule has 2 aromatic carbocycles. The van der Waals surface area contributed by atoms with Crippen LogP contribution in [0.3, 0.4) is 0 Å². The van der Waals surface area contributed by atoms with E-state index in [1.54, 1.807) is 18.5 Å². The Bertz CT molecular complexity index is 1200. The summed E-state index contributed by atoms with van der Waals surface area (Å²) in [6.07, 6.45) is 5.67. The lowest BCUT2D eigenvalue weighted by Crippen LogP contribution is -2.35. The highest BCUT2D eigenvalue weighted by atomic mass is 16.2. The molecular formula is C29H32N4O2. The molecule has 0 aliphatic carbocycles. The number of nitrogens with zero attached hydrogens (tertiary/aromatic N) is 3. The molecule has 0 spiro atoms. The van der Waals surface area contributed by atoms with Crippen LogP contribution in [0.1, 0.15) is 38.3 Å². The second-order valence-corrected chi connectivity index (χ2v) is 9.89. The summed E-state index contributed by atoms with van der Waals surface area (Å²) in [5, 5.41) is 0. The van der Waals surface area contributed by atoms with Crippen molar-refractivity contribution in [2.45, 2.75) is 19.8 Å². The first-order valence-corrected chi connectivity index (χ1v) is 12.4. The molecule has 2 fully saturated rings. The summed E-state index contributed by atoms with van der Waals surface area (Å²) >= 11 is 0. The number of carbonyl (C=O) groups excluding carboxylic acids is 2. The standard InChI is InChI=1S/C29H32N4O2/c1-20-14-23(22-9-11-31-12-10-22)15-26(28(30)34)27(20)29(35)33-18-24-16-32(17-25(24)19-33)13-5-8-21-6-3-2-4-7-21/h2-4,6-7,9-12,14-15,24-25H,5,8,13,16-19H2,1H3,(H2,30,34)/t24-,25?/m0/s1. The number of nitrogens with two attached hydrogens (primary N) is 1. The zero-order valence-corrected chi connectivity index (χ0v) is 20.2. The summed E-state index contributed by atoms with van der Waals surface area (Å²) in [5.74, 6) is 0.326. The molecule has 1 aromatic heterocycles. The summed E-state index contributed by atoms with van der Waals surface area (Å²) in [6.45, 7) is 6.52. The van der Waals surface area contributed by atoms with Gasteiger partial charge >= 0.3 is 0 Å². The zero-order chi connectivity index (χ0) is 24.4. The fraction of sp³-hybridized carbons (Fsp3) is 0.345. The van der Waals surface area contributed by atoms with Crippen molar-refractivity contribution in [2.24, 2.45) is 17.6 Å². The molecule has 0 radical (unpaired) electrons. The van der Waals surface area contributed by atoms with E-state index in [2.05, 4.69) is 40.2 Å². The van der Waals surface area contributed by atoms with Crippen LogP contribution in [0.2, 0.25) is 0 Å². The van der Waals surface area contributed by atoms with Crippen molar-refractivity contribution in [1.29, 1.82) is 0 Å². The first kappa shape index (κ1) is 23.2. The monoisotopic (exact) mass is 468 g/mol. The predicted molar refractivity (Wildman–Crippen MR) is 137 cm³/mol. The van der Waals surface area contributed by atoms with E-state index in [4.69, 9.17) is 5.73 Å². The van der Waals surface area contributed by atoms with Crippen molar-refractivity contribution in [3.63, 3.8) is 0 Å². The lowest BCUT2D eigenvalue weighted by atomic mass is 9.94. The van der Waals surface area contributed by atoms with Crippen LogP contribution in [0.15, 0.2) is 67.0 Å². The molecule has 6 heteroatoms. The average Bonchev–Trinajstić information content (AvgIpc) is 3.43. The second-order valence-electron chi connectivity index (χ2n) is 9.89. The maximum absolute atomic E-state index is 13.6. The Hall–Kier alpha value is -3.51. The number of rotatable bonds is 7. The molecule has 0 bridgehead atoms. The van der Waals surface area contributed by atoms with Crippen LogP contribution in [-0.4, -0.2) is 59.3 Å². The number of aromatic nitrogens is 1. The molecule has 180 valence electrons. The number of likely N-dealkylation sites (tertiary alicyclic amines) is 2. The molecule has 2 atom stereocenters. The normalized spacial score (nSPS) is 19.6. The summed E-state index contributed by atoms with van der Waals surface area (Å²) in [7, 11) is 0. The molecule has 2 amide bonds. The molecule has 3 aromatic rings. The van der Waals surface area contributed by atoms with Crippen molar-refractivity contribution in [1.82, 2.24) is 14.8 Å². The van der Waals surface area contributed by atoms with Gasteiger partial charge in [-0.05, 0) is 78.6 Å². The average molecular weight is 469 g/mol. The van der Waals surface area contributed by atoms with Gasteiger partial charge in [0.15, 0.2) is 0 Å². The third-order valence-corrected chi connectivity index (χ3v) is 7.46. The number of amides is 2. The van der Waals surface area contributed by atoms with E-state index < -0.39 is 5.91 Å². The van der Waals surface area contributed by atoms with E-state index >= 15 is 0 Å². The Morgan fingerprint density at radius 2 is 1.63 bits per heavy atom. The Labute approximate surface area is 206 Å². The van der Waals surface area contributed by atoms with Gasteiger partial charge in [0.05, 0.1) is 11.1 Å². The summed E-state index contributed by atoms with van der Waals surface area (Å²) < 4.78 is 0. The molecular weight excluding hydrogens is 436 g/mol. The minimum absolute atomic E-state index is 0.0809. The predicted octanol–water partition coefficient (Wildman–Crippen LogP) is 3.79. The van der Waals surface area contributed by atoms with Gasteiger partial charge in [-0.15, -0.1) is 0 Å². The van der Waals surface area contributed by atoms with E-state index in [-0.39, 0.29) is 5.91 Å². The van der Waals surface area contributed by atoms with Gasteiger partial charge in [-0.25, -0.2) is 0 Å². The van der Waals surface area contributed by atoms with Crippen molar-refractivity contribution < 1.29 is 9.59 Å². The zero-order valence-electron chi connectivity index (χ0n) is 20.2. The maximum Gasteiger partial charge on any atom is 0.254 e. The quantitative estimate of drug-likeness (QED) is 0.572. The maximum atomic E-state index is 13.6. The number of benzene rings is 2. The van der Waals surface area contributed by atoms with Gasteiger partial charge < -0.3 is 15.5 Å². The van der Waals surface area contributed by atoms with Crippen LogP contribution in [0, 0.1) is 18.8 Å². The first-order chi connectivity index (χ1) is 17.0. The van der Waals surface area contributed by atoms with Gasteiger partial charge in [0.1, 0.15) is 0 Å². The molecule has 0 saturated carbocycles. The highest BCUT2D eigenvalue weighted by molar-refractivity contribution is 6.08. The van der Waals surface area contributed by atoms with Crippen LogP contribution >= 0.6 is 0 Å². The van der Waals surface area contributed by atoms with Crippen molar-refractivity contribution in [3.8, 4) is 11.1 Å². The molecule has 2 aliphatic rings. The first-order valence-electron chi connectivity index (χ1n) is 12.4. The number of carbonyl (C=O) groups is 2. The number of pyridine rings is 1. The van der Waals surface area contributed by atoms with Gasteiger partial charge in [-0.3, -0.25) is 14.6 Å². The van der Waals surface area contributed by atoms with Crippen molar-refractivity contribution >= 4 is 11.8 Å². The van der Waals surface area contributed by atoms with Crippen LogP contribution in [-0.2, 0) is 6.42 Å². The topological polar surface area (TPSA) is 79.5 Å². The smallest absolute Gasteiger partial charge is 0.254 e. The number of hydrogen-bond donors (Lipinski definition) is 1. The largest absolute Gasteiger partial charge is 0.366 e. The minimum atomic E-state index is -0.573. The highest BCUT2D eigenvalue weighted by Crippen LogP contribution is 2.33. The molecule has 1 unspecified atom stereocenters. The Balaban J connectivity index is 1.24. The number of primary amides is 1. The molecule has 5 rings (SSSR count). The Morgan fingerprint density at radius 3 is 2.29 bits per heavy atom.